The maximum absolute atomic E-state index is 11.3. The fourth-order valence-corrected chi connectivity index (χ4v) is 6.30. The molecule has 2 atom stereocenters. The van der Waals surface area contributed by atoms with Crippen molar-refractivity contribution in [2.45, 2.75) is 37.0 Å². The molecule has 3 nitrogen and oxygen atoms in total. The number of sulfone groups is 1. The van der Waals surface area contributed by atoms with E-state index in [1.165, 1.54) is 25.7 Å². The molecule has 1 saturated heterocycles. The molecule has 2 fully saturated rings. The molecule has 5 heteroatoms. The largest absolute Gasteiger partial charge is 0.391 e. The Morgan fingerprint density at radius 2 is 1.87 bits per heavy atom. The molecular weight excluding hydrogens is 232 g/mol. The second kappa shape index (κ2) is 4.63. The van der Waals surface area contributed by atoms with Crippen molar-refractivity contribution < 1.29 is 13.5 Å². The highest BCUT2D eigenvalue weighted by molar-refractivity contribution is 8.01. The molecule has 2 aliphatic rings. The predicted octanol–water partition coefficient (Wildman–Crippen LogP) is 1.07. The third-order valence-electron chi connectivity index (χ3n) is 3.29. The topological polar surface area (TPSA) is 54.4 Å². The van der Waals surface area contributed by atoms with Crippen molar-refractivity contribution in [2.24, 2.45) is 5.92 Å². The lowest BCUT2D eigenvalue weighted by molar-refractivity contribution is 0.207. The van der Waals surface area contributed by atoms with Crippen LogP contribution in [0, 0.1) is 5.92 Å². The quantitative estimate of drug-likeness (QED) is 0.814. The molecule has 1 aliphatic heterocycles. The second-order valence-electron chi connectivity index (χ2n) is 4.67. The zero-order valence-electron chi connectivity index (χ0n) is 8.76. The summed E-state index contributed by atoms with van der Waals surface area (Å²) in [5.41, 5.74) is 0. The van der Waals surface area contributed by atoms with Crippen LogP contribution in [0.3, 0.4) is 0 Å². The minimum Gasteiger partial charge on any atom is -0.391 e. The summed E-state index contributed by atoms with van der Waals surface area (Å²) < 4.78 is 22.5. The fraction of sp³-hybridized carbons (Fsp3) is 1.00. The SMILES string of the molecule is O=S1(=O)CC(O)C(SCC2CCCC2)C1. The summed E-state index contributed by atoms with van der Waals surface area (Å²) in [4.78, 5) is 0. The van der Waals surface area contributed by atoms with Crippen LogP contribution in [0.2, 0.25) is 0 Å². The zero-order valence-corrected chi connectivity index (χ0v) is 10.4. The van der Waals surface area contributed by atoms with Crippen LogP contribution in [0.5, 0.6) is 0 Å². The first-order valence-electron chi connectivity index (χ1n) is 5.57. The summed E-state index contributed by atoms with van der Waals surface area (Å²) in [5, 5.41) is 9.52. The molecule has 0 radical (unpaired) electrons. The first-order chi connectivity index (χ1) is 7.07. The second-order valence-corrected chi connectivity index (χ2v) is 8.09. The van der Waals surface area contributed by atoms with E-state index in [1.807, 2.05) is 0 Å². The minimum atomic E-state index is -2.96. The number of aliphatic hydroxyl groups excluding tert-OH is 1. The zero-order chi connectivity index (χ0) is 10.9. The molecule has 0 aromatic rings. The van der Waals surface area contributed by atoms with Crippen molar-refractivity contribution in [3.8, 4) is 0 Å². The van der Waals surface area contributed by atoms with Gasteiger partial charge in [-0.3, -0.25) is 0 Å². The Kier molecular flexibility index (Phi) is 3.63. The average molecular weight is 250 g/mol. The van der Waals surface area contributed by atoms with Crippen LogP contribution in [-0.2, 0) is 9.84 Å². The molecule has 0 amide bonds. The van der Waals surface area contributed by atoms with Gasteiger partial charge < -0.3 is 5.11 Å². The van der Waals surface area contributed by atoms with Gasteiger partial charge in [0.2, 0.25) is 0 Å². The van der Waals surface area contributed by atoms with Crippen molar-refractivity contribution in [1.82, 2.24) is 0 Å². The van der Waals surface area contributed by atoms with Gasteiger partial charge in [0.1, 0.15) is 0 Å². The molecule has 0 bridgehead atoms. The van der Waals surface area contributed by atoms with Crippen LogP contribution in [0.25, 0.3) is 0 Å². The highest BCUT2D eigenvalue weighted by atomic mass is 32.2. The van der Waals surface area contributed by atoms with E-state index < -0.39 is 15.9 Å². The Balaban J connectivity index is 1.79. The van der Waals surface area contributed by atoms with Crippen LogP contribution >= 0.6 is 11.8 Å². The number of rotatable bonds is 3. The number of hydrogen-bond acceptors (Lipinski definition) is 4. The van der Waals surface area contributed by atoms with E-state index >= 15 is 0 Å². The van der Waals surface area contributed by atoms with Crippen LogP contribution in [0.1, 0.15) is 25.7 Å². The predicted molar refractivity (Wildman–Crippen MR) is 62.9 cm³/mol. The molecule has 0 aromatic heterocycles. The molecule has 2 rings (SSSR count). The monoisotopic (exact) mass is 250 g/mol. The van der Waals surface area contributed by atoms with Crippen LogP contribution in [-0.4, -0.2) is 42.1 Å². The standard InChI is InChI=1S/C10H18O3S2/c11-9-6-15(12,13)7-10(9)14-5-8-3-1-2-4-8/h8-11H,1-7H2. The van der Waals surface area contributed by atoms with E-state index in [1.54, 1.807) is 11.8 Å². The van der Waals surface area contributed by atoms with E-state index in [0.717, 1.165) is 11.7 Å². The highest BCUT2D eigenvalue weighted by Crippen LogP contribution is 2.32. The van der Waals surface area contributed by atoms with E-state index in [9.17, 15) is 13.5 Å². The van der Waals surface area contributed by atoms with Crippen molar-refractivity contribution >= 4 is 21.6 Å². The molecule has 88 valence electrons. The average Bonchev–Trinajstić information content (AvgIpc) is 2.70. The summed E-state index contributed by atoms with van der Waals surface area (Å²) in [6.07, 6.45) is 4.56. The normalized spacial score (nSPS) is 36.1. The number of hydrogen-bond donors (Lipinski definition) is 1. The van der Waals surface area contributed by atoms with Gasteiger partial charge in [-0.15, -0.1) is 0 Å². The Morgan fingerprint density at radius 1 is 1.20 bits per heavy atom. The maximum Gasteiger partial charge on any atom is 0.154 e. The Labute approximate surface area is 95.6 Å². The molecule has 1 saturated carbocycles. The third-order valence-corrected chi connectivity index (χ3v) is 6.79. The van der Waals surface area contributed by atoms with Crippen LogP contribution < -0.4 is 0 Å². The van der Waals surface area contributed by atoms with Gasteiger partial charge in [0, 0.05) is 5.25 Å². The van der Waals surface area contributed by atoms with Gasteiger partial charge in [-0.1, -0.05) is 12.8 Å². The Morgan fingerprint density at radius 3 is 2.40 bits per heavy atom. The summed E-state index contributed by atoms with van der Waals surface area (Å²) in [5.74, 6) is 1.92. The third kappa shape index (κ3) is 3.11. The van der Waals surface area contributed by atoms with E-state index in [4.69, 9.17) is 0 Å². The van der Waals surface area contributed by atoms with Gasteiger partial charge in [0.15, 0.2) is 9.84 Å². The van der Waals surface area contributed by atoms with Crippen molar-refractivity contribution in [1.29, 1.82) is 0 Å². The lowest BCUT2D eigenvalue weighted by Crippen LogP contribution is -2.21. The smallest absolute Gasteiger partial charge is 0.154 e. The van der Waals surface area contributed by atoms with Gasteiger partial charge in [0.05, 0.1) is 17.6 Å². The van der Waals surface area contributed by atoms with Crippen LogP contribution in [0.4, 0.5) is 0 Å². The highest BCUT2D eigenvalue weighted by Gasteiger charge is 2.37. The molecule has 0 aromatic carbocycles. The lowest BCUT2D eigenvalue weighted by Gasteiger charge is -2.15. The molecule has 15 heavy (non-hydrogen) atoms. The van der Waals surface area contributed by atoms with Crippen molar-refractivity contribution in [3.05, 3.63) is 0 Å². The van der Waals surface area contributed by atoms with E-state index in [0.29, 0.717) is 0 Å². The Bertz CT molecular complexity index is 307. The summed E-state index contributed by atoms with van der Waals surface area (Å²) >= 11 is 1.66. The molecule has 0 spiro atoms. The number of thioether (sulfide) groups is 1. The Hall–Kier alpha value is 0.260. The fourth-order valence-electron chi connectivity index (χ4n) is 2.39. The van der Waals surface area contributed by atoms with Crippen LogP contribution in [0.15, 0.2) is 0 Å². The number of aliphatic hydroxyl groups is 1. The van der Waals surface area contributed by atoms with E-state index in [2.05, 4.69) is 0 Å². The summed E-state index contributed by atoms with van der Waals surface area (Å²) in [7, 11) is -2.96. The first kappa shape index (κ1) is 11.7. The molecule has 1 heterocycles. The maximum atomic E-state index is 11.3. The van der Waals surface area contributed by atoms with Gasteiger partial charge in [-0.05, 0) is 24.5 Å². The van der Waals surface area contributed by atoms with Crippen molar-refractivity contribution in [3.63, 3.8) is 0 Å². The summed E-state index contributed by atoms with van der Waals surface area (Å²) in [6, 6.07) is 0. The lowest BCUT2D eigenvalue weighted by atomic mass is 10.1. The van der Waals surface area contributed by atoms with E-state index in [-0.39, 0.29) is 16.8 Å². The van der Waals surface area contributed by atoms with Gasteiger partial charge in [0.25, 0.3) is 0 Å². The molecule has 1 aliphatic carbocycles. The van der Waals surface area contributed by atoms with Gasteiger partial charge in [-0.2, -0.15) is 11.8 Å². The molecule has 1 N–H and O–H groups in total. The molecule has 2 unspecified atom stereocenters. The first-order valence-corrected chi connectivity index (χ1v) is 8.44. The van der Waals surface area contributed by atoms with Gasteiger partial charge in [-0.25, -0.2) is 8.42 Å². The molecular formula is C10H18O3S2. The van der Waals surface area contributed by atoms with Crippen molar-refractivity contribution in [2.75, 3.05) is 17.3 Å². The minimum absolute atomic E-state index is 0.0324. The van der Waals surface area contributed by atoms with Gasteiger partial charge >= 0.3 is 0 Å². The summed E-state index contributed by atoms with van der Waals surface area (Å²) in [6.45, 7) is 0.